The Kier molecular flexibility index (Phi) is 4.17. The van der Waals surface area contributed by atoms with Crippen LogP contribution < -0.4 is 0 Å². The predicted octanol–water partition coefficient (Wildman–Crippen LogP) is 5.23. The zero-order chi connectivity index (χ0) is 12.6. The summed E-state index contributed by atoms with van der Waals surface area (Å²) in [6, 6.07) is 9.63. The van der Waals surface area contributed by atoms with Crippen molar-refractivity contribution >= 4 is 47.4 Å². The van der Waals surface area contributed by atoms with Gasteiger partial charge < -0.3 is 0 Å². The molecule has 0 aliphatic rings. The summed E-state index contributed by atoms with van der Waals surface area (Å²) in [5.41, 5.74) is 0.619. The normalized spacial score (nSPS) is 16.9. The second kappa shape index (κ2) is 4.61. The molecule has 1 aromatic carbocycles. The first-order valence-corrected chi connectivity index (χ1v) is 6.53. The van der Waals surface area contributed by atoms with Crippen molar-refractivity contribution in [1.29, 1.82) is 0 Å². The fourth-order valence-corrected chi connectivity index (χ4v) is 3.03. The molecule has 0 aliphatic carbocycles. The highest BCUT2D eigenvalue weighted by Crippen LogP contribution is 2.58. The van der Waals surface area contributed by atoms with E-state index in [-0.39, 0.29) is 5.41 Å². The Morgan fingerprint density at radius 3 is 1.69 bits per heavy atom. The smallest absolute Gasteiger partial charge is 0.163 e. The van der Waals surface area contributed by atoms with E-state index in [0.29, 0.717) is 0 Å². The molecular formula is C12H15Cl3S. The third kappa shape index (κ3) is 2.48. The number of thiol groups is 1. The Hall–Kier alpha value is 0.440. The number of hydrogen-bond donors (Lipinski definition) is 1. The first-order valence-electron chi connectivity index (χ1n) is 4.95. The lowest BCUT2D eigenvalue weighted by Crippen LogP contribution is -2.45. The molecule has 0 aromatic heterocycles. The van der Waals surface area contributed by atoms with E-state index < -0.39 is 8.54 Å². The van der Waals surface area contributed by atoms with Gasteiger partial charge in [0, 0.05) is 0 Å². The molecule has 0 heterocycles. The van der Waals surface area contributed by atoms with Crippen LogP contribution in [-0.2, 0) is 4.75 Å². The first-order chi connectivity index (χ1) is 7.11. The standard InChI is InChI=1S/C12H15Cl3S/c1-10(2,3)11(16,12(13,14)15)9-7-5-4-6-8-9/h4-8,16H,1-3H3. The molecule has 0 amide bonds. The number of halogens is 3. The minimum atomic E-state index is -1.48. The number of hydrogen-bond acceptors (Lipinski definition) is 1. The van der Waals surface area contributed by atoms with Gasteiger partial charge in [-0.15, -0.1) is 0 Å². The first kappa shape index (κ1) is 14.5. The summed E-state index contributed by atoms with van der Waals surface area (Å²) >= 11 is 23.0. The van der Waals surface area contributed by atoms with Crippen molar-refractivity contribution < 1.29 is 0 Å². The molecule has 4 heteroatoms. The summed E-state index contributed by atoms with van der Waals surface area (Å²) < 4.78 is -2.32. The lowest BCUT2D eigenvalue weighted by Gasteiger charge is -2.46. The molecule has 1 rings (SSSR count). The van der Waals surface area contributed by atoms with Crippen LogP contribution in [0.2, 0.25) is 0 Å². The Balaban J connectivity index is 3.39. The highest BCUT2D eigenvalue weighted by molar-refractivity contribution is 7.81. The minimum absolute atomic E-state index is 0.289. The molecule has 0 aliphatic heterocycles. The van der Waals surface area contributed by atoms with Gasteiger partial charge in [0.05, 0.1) is 4.75 Å². The van der Waals surface area contributed by atoms with Gasteiger partial charge in [0.25, 0.3) is 0 Å². The van der Waals surface area contributed by atoms with Crippen molar-refractivity contribution in [2.24, 2.45) is 5.41 Å². The summed E-state index contributed by atoms with van der Waals surface area (Å²) in [5.74, 6) is 0. The average Bonchev–Trinajstić information content (AvgIpc) is 2.14. The lowest BCUT2D eigenvalue weighted by atomic mass is 9.76. The summed E-state index contributed by atoms with van der Waals surface area (Å²) in [7, 11) is 0. The molecule has 16 heavy (non-hydrogen) atoms. The van der Waals surface area contributed by atoms with E-state index in [1.54, 1.807) is 0 Å². The van der Waals surface area contributed by atoms with Crippen molar-refractivity contribution in [3.63, 3.8) is 0 Å². The fourth-order valence-electron chi connectivity index (χ4n) is 1.70. The van der Waals surface area contributed by atoms with Gasteiger partial charge in [-0.25, -0.2) is 0 Å². The number of rotatable bonds is 1. The van der Waals surface area contributed by atoms with Crippen LogP contribution in [0.1, 0.15) is 26.3 Å². The molecule has 0 N–H and O–H groups in total. The quantitative estimate of drug-likeness (QED) is 0.532. The maximum absolute atomic E-state index is 6.11. The molecule has 0 bridgehead atoms. The van der Waals surface area contributed by atoms with Gasteiger partial charge in [-0.05, 0) is 11.0 Å². The molecular weight excluding hydrogens is 283 g/mol. The van der Waals surface area contributed by atoms with Crippen molar-refractivity contribution in [3.05, 3.63) is 35.9 Å². The van der Waals surface area contributed by atoms with Gasteiger partial charge in [0.15, 0.2) is 0 Å². The third-order valence-corrected chi connectivity index (χ3v) is 5.20. The van der Waals surface area contributed by atoms with E-state index in [9.17, 15) is 0 Å². The third-order valence-electron chi connectivity index (χ3n) is 2.69. The van der Waals surface area contributed by atoms with Gasteiger partial charge in [0.1, 0.15) is 0 Å². The van der Waals surface area contributed by atoms with E-state index in [4.69, 9.17) is 34.8 Å². The van der Waals surface area contributed by atoms with Crippen molar-refractivity contribution in [2.75, 3.05) is 0 Å². The van der Waals surface area contributed by atoms with Crippen LogP contribution >= 0.6 is 47.4 Å². The zero-order valence-corrected chi connectivity index (χ0v) is 12.6. The molecule has 0 saturated carbocycles. The van der Waals surface area contributed by atoms with E-state index in [0.717, 1.165) is 5.56 Å². The second-order valence-corrected chi connectivity index (χ2v) is 7.78. The molecule has 1 aromatic rings. The molecule has 90 valence electrons. The Bertz CT molecular complexity index is 335. The van der Waals surface area contributed by atoms with E-state index in [1.807, 2.05) is 51.1 Å². The van der Waals surface area contributed by atoms with E-state index >= 15 is 0 Å². The van der Waals surface area contributed by atoms with E-state index in [1.165, 1.54) is 0 Å². The number of alkyl halides is 3. The predicted molar refractivity (Wildman–Crippen MR) is 76.9 cm³/mol. The highest BCUT2D eigenvalue weighted by atomic mass is 35.6. The maximum atomic E-state index is 6.11. The van der Waals surface area contributed by atoms with Crippen LogP contribution in [0.5, 0.6) is 0 Å². The summed E-state index contributed by atoms with van der Waals surface area (Å²) in [6.07, 6.45) is 0. The van der Waals surface area contributed by atoms with Crippen molar-refractivity contribution in [3.8, 4) is 0 Å². The summed E-state index contributed by atoms with van der Waals surface area (Å²) in [6.45, 7) is 6.03. The van der Waals surface area contributed by atoms with Crippen molar-refractivity contribution in [1.82, 2.24) is 0 Å². The van der Waals surface area contributed by atoms with Gasteiger partial charge in [0.2, 0.25) is 3.79 Å². The molecule has 0 spiro atoms. The SMILES string of the molecule is CC(C)(C)C(S)(c1ccccc1)C(Cl)(Cl)Cl. The molecule has 0 nitrogen and oxygen atoms in total. The van der Waals surface area contributed by atoms with Gasteiger partial charge in [-0.3, -0.25) is 0 Å². The Morgan fingerprint density at radius 2 is 1.38 bits per heavy atom. The van der Waals surface area contributed by atoms with Crippen LogP contribution in [0.15, 0.2) is 30.3 Å². The number of benzene rings is 1. The Labute approximate surface area is 118 Å². The maximum Gasteiger partial charge on any atom is 0.209 e. The van der Waals surface area contributed by atoms with Crippen LogP contribution in [0, 0.1) is 5.41 Å². The Morgan fingerprint density at radius 1 is 0.938 bits per heavy atom. The van der Waals surface area contributed by atoms with Crippen LogP contribution in [-0.4, -0.2) is 3.79 Å². The monoisotopic (exact) mass is 296 g/mol. The van der Waals surface area contributed by atoms with Gasteiger partial charge >= 0.3 is 0 Å². The minimum Gasteiger partial charge on any atom is -0.163 e. The van der Waals surface area contributed by atoms with Gasteiger partial charge in [-0.1, -0.05) is 85.9 Å². The van der Waals surface area contributed by atoms with Crippen molar-refractivity contribution in [2.45, 2.75) is 29.3 Å². The molecule has 1 atom stereocenters. The molecule has 0 saturated heterocycles. The molecule has 0 fully saturated rings. The second-order valence-electron chi connectivity index (χ2n) is 4.82. The van der Waals surface area contributed by atoms with Crippen LogP contribution in [0.4, 0.5) is 0 Å². The lowest BCUT2D eigenvalue weighted by molar-refractivity contribution is 0.289. The fraction of sp³-hybridized carbons (Fsp3) is 0.500. The summed E-state index contributed by atoms with van der Waals surface area (Å²) in [5, 5.41) is 0. The largest absolute Gasteiger partial charge is 0.209 e. The topological polar surface area (TPSA) is 0 Å². The zero-order valence-electron chi connectivity index (χ0n) is 9.47. The molecule has 1 unspecified atom stereocenters. The van der Waals surface area contributed by atoms with E-state index in [2.05, 4.69) is 12.6 Å². The van der Waals surface area contributed by atoms with Gasteiger partial charge in [-0.2, -0.15) is 12.6 Å². The van der Waals surface area contributed by atoms with Crippen LogP contribution in [0.3, 0.4) is 0 Å². The summed E-state index contributed by atoms with van der Waals surface area (Å²) in [4.78, 5) is 0. The molecule has 0 radical (unpaired) electrons. The average molecular weight is 298 g/mol. The van der Waals surface area contributed by atoms with Crippen LogP contribution in [0.25, 0.3) is 0 Å². The highest BCUT2D eigenvalue weighted by Gasteiger charge is 2.54.